The molecule has 1 aliphatic rings. The van der Waals surface area contributed by atoms with Crippen LogP contribution in [0.15, 0.2) is 42.6 Å². The van der Waals surface area contributed by atoms with Gasteiger partial charge >= 0.3 is 0 Å². The van der Waals surface area contributed by atoms with Gasteiger partial charge in [0.05, 0.1) is 25.5 Å². The standard InChI is InChI=1S/C21H25N5O3/c1-15-4-3-5-16(12-15)17-6-7-26(24-17)20-13-19(25-8-10-29-11-9-25)22-21(23-20)18(27)14-28-2/h3-7,12-13,18,27H,8-11,14H2,1-2H3. The van der Waals surface area contributed by atoms with Gasteiger partial charge in [0.2, 0.25) is 0 Å². The smallest absolute Gasteiger partial charge is 0.164 e. The maximum Gasteiger partial charge on any atom is 0.164 e. The van der Waals surface area contributed by atoms with Gasteiger partial charge in [0.15, 0.2) is 11.6 Å². The molecule has 0 bridgehead atoms. The molecule has 3 aromatic rings. The Morgan fingerprint density at radius 2 is 1.93 bits per heavy atom. The number of rotatable bonds is 6. The summed E-state index contributed by atoms with van der Waals surface area (Å²) in [6.45, 7) is 4.96. The summed E-state index contributed by atoms with van der Waals surface area (Å²) in [7, 11) is 1.54. The number of aryl methyl sites for hydroxylation is 1. The van der Waals surface area contributed by atoms with Crippen LogP contribution >= 0.6 is 0 Å². The highest BCUT2D eigenvalue weighted by Crippen LogP contribution is 2.23. The van der Waals surface area contributed by atoms with Crippen LogP contribution in [0.3, 0.4) is 0 Å². The van der Waals surface area contributed by atoms with E-state index in [0.29, 0.717) is 24.9 Å². The van der Waals surface area contributed by atoms with Gasteiger partial charge in [0, 0.05) is 38.0 Å². The zero-order valence-electron chi connectivity index (χ0n) is 16.7. The first-order chi connectivity index (χ1) is 14.1. The fourth-order valence-electron chi connectivity index (χ4n) is 3.30. The molecule has 1 saturated heterocycles. The van der Waals surface area contributed by atoms with Gasteiger partial charge in [-0.2, -0.15) is 5.10 Å². The molecular formula is C21H25N5O3. The average molecular weight is 395 g/mol. The van der Waals surface area contributed by atoms with Crippen molar-refractivity contribution in [3.63, 3.8) is 0 Å². The Kier molecular flexibility index (Phi) is 5.84. The molecule has 3 heterocycles. The van der Waals surface area contributed by atoms with Crippen LogP contribution in [0.1, 0.15) is 17.5 Å². The van der Waals surface area contributed by atoms with Gasteiger partial charge < -0.3 is 19.5 Å². The molecule has 8 heteroatoms. The molecule has 1 unspecified atom stereocenters. The van der Waals surface area contributed by atoms with E-state index in [9.17, 15) is 5.11 Å². The molecule has 0 spiro atoms. The third kappa shape index (κ3) is 4.45. The number of hydrogen-bond acceptors (Lipinski definition) is 7. The monoisotopic (exact) mass is 395 g/mol. The van der Waals surface area contributed by atoms with E-state index in [1.54, 1.807) is 4.68 Å². The Hall–Kier alpha value is -2.81. The second kappa shape index (κ2) is 8.69. The fourth-order valence-corrected chi connectivity index (χ4v) is 3.30. The lowest BCUT2D eigenvalue weighted by molar-refractivity contribution is 0.0587. The molecule has 1 fully saturated rings. The summed E-state index contributed by atoms with van der Waals surface area (Å²) in [6.07, 6.45) is 0.960. The number of aliphatic hydroxyl groups excluding tert-OH is 1. The van der Waals surface area contributed by atoms with Gasteiger partial charge in [0.1, 0.15) is 11.9 Å². The summed E-state index contributed by atoms with van der Waals surface area (Å²) in [6, 6.07) is 12.1. The molecule has 0 aliphatic carbocycles. The zero-order chi connectivity index (χ0) is 20.2. The highest BCUT2D eigenvalue weighted by molar-refractivity contribution is 5.60. The number of aromatic nitrogens is 4. The molecule has 1 atom stereocenters. The van der Waals surface area contributed by atoms with E-state index in [4.69, 9.17) is 14.6 Å². The molecule has 152 valence electrons. The van der Waals surface area contributed by atoms with E-state index in [-0.39, 0.29) is 6.61 Å². The normalized spacial score (nSPS) is 15.5. The van der Waals surface area contributed by atoms with Crippen LogP contribution in [0.2, 0.25) is 0 Å². The average Bonchev–Trinajstić information content (AvgIpc) is 3.25. The van der Waals surface area contributed by atoms with Gasteiger partial charge in [0.25, 0.3) is 0 Å². The predicted octanol–water partition coefficient (Wildman–Crippen LogP) is 2.15. The van der Waals surface area contributed by atoms with Crippen LogP contribution in [0, 0.1) is 6.92 Å². The topological polar surface area (TPSA) is 85.5 Å². The molecule has 1 aliphatic heterocycles. The van der Waals surface area contributed by atoms with E-state index < -0.39 is 6.10 Å². The molecule has 8 nitrogen and oxygen atoms in total. The molecule has 2 aromatic heterocycles. The molecule has 0 saturated carbocycles. The largest absolute Gasteiger partial charge is 0.383 e. The van der Waals surface area contributed by atoms with Gasteiger partial charge in [-0.3, -0.25) is 0 Å². The third-order valence-electron chi connectivity index (χ3n) is 4.81. The molecular weight excluding hydrogens is 370 g/mol. The fraction of sp³-hybridized carbons (Fsp3) is 0.381. The number of methoxy groups -OCH3 is 1. The maximum atomic E-state index is 10.4. The van der Waals surface area contributed by atoms with Crippen molar-refractivity contribution < 1.29 is 14.6 Å². The molecule has 29 heavy (non-hydrogen) atoms. The number of nitrogens with zero attached hydrogens (tertiary/aromatic N) is 5. The van der Waals surface area contributed by atoms with Crippen molar-refractivity contribution in [1.29, 1.82) is 0 Å². The molecule has 1 N–H and O–H groups in total. The molecule has 0 radical (unpaired) electrons. The summed E-state index contributed by atoms with van der Waals surface area (Å²) in [5, 5.41) is 15.1. The number of anilines is 1. The van der Waals surface area contributed by atoms with Crippen LogP contribution in [-0.4, -0.2) is 64.9 Å². The summed E-state index contributed by atoms with van der Waals surface area (Å²) in [5.74, 6) is 1.67. The minimum absolute atomic E-state index is 0.125. The third-order valence-corrected chi connectivity index (χ3v) is 4.81. The van der Waals surface area contributed by atoms with Gasteiger partial charge in [-0.1, -0.05) is 23.8 Å². The van der Waals surface area contributed by atoms with Crippen molar-refractivity contribution in [2.75, 3.05) is 44.9 Å². The highest BCUT2D eigenvalue weighted by Gasteiger charge is 2.19. The van der Waals surface area contributed by atoms with E-state index in [1.165, 1.54) is 12.7 Å². The Morgan fingerprint density at radius 1 is 1.14 bits per heavy atom. The second-order valence-corrected chi connectivity index (χ2v) is 7.03. The van der Waals surface area contributed by atoms with Crippen molar-refractivity contribution in [1.82, 2.24) is 19.7 Å². The van der Waals surface area contributed by atoms with E-state index in [1.807, 2.05) is 30.5 Å². The van der Waals surface area contributed by atoms with Crippen molar-refractivity contribution in [2.24, 2.45) is 0 Å². The quantitative estimate of drug-likeness (QED) is 0.684. The SMILES string of the molecule is COCC(O)c1nc(N2CCOCC2)cc(-n2ccc(-c3cccc(C)c3)n2)n1. The van der Waals surface area contributed by atoms with Gasteiger partial charge in [-0.25, -0.2) is 14.6 Å². The van der Waals surface area contributed by atoms with Crippen LogP contribution in [-0.2, 0) is 9.47 Å². The van der Waals surface area contributed by atoms with E-state index in [0.717, 1.165) is 30.2 Å². The summed E-state index contributed by atoms with van der Waals surface area (Å²) in [4.78, 5) is 11.2. The minimum Gasteiger partial charge on any atom is -0.383 e. The lowest BCUT2D eigenvalue weighted by Gasteiger charge is -2.28. The Bertz CT molecular complexity index is 968. The van der Waals surface area contributed by atoms with Gasteiger partial charge in [-0.05, 0) is 19.1 Å². The number of aliphatic hydroxyl groups is 1. The highest BCUT2D eigenvalue weighted by atomic mass is 16.5. The lowest BCUT2D eigenvalue weighted by Crippen LogP contribution is -2.37. The summed E-state index contributed by atoms with van der Waals surface area (Å²) in [5.41, 5.74) is 3.09. The van der Waals surface area contributed by atoms with Gasteiger partial charge in [-0.15, -0.1) is 0 Å². The lowest BCUT2D eigenvalue weighted by atomic mass is 10.1. The second-order valence-electron chi connectivity index (χ2n) is 7.03. The van der Waals surface area contributed by atoms with E-state index >= 15 is 0 Å². The van der Waals surface area contributed by atoms with Crippen LogP contribution in [0.4, 0.5) is 5.82 Å². The van der Waals surface area contributed by atoms with Crippen LogP contribution in [0.25, 0.3) is 17.1 Å². The van der Waals surface area contributed by atoms with Crippen molar-refractivity contribution in [3.05, 3.63) is 54.0 Å². The Balaban J connectivity index is 1.71. The van der Waals surface area contributed by atoms with Crippen molar-refractivity contribution in [3.8, 4) is 17.1 Å². The number of morpholine rings is 1. The summed E-state index contributed by atoms with van der Waals surface area (Å²) >= 11 is 0. The first-order valence-electron chi connectivity index (χ1n) is 9.66. The van der Waals surface area contributed by atoms with Crippen LogP contribution in [0.5, 0.6) is 0 Å². The molecule has 1 aromatic carbocycles. The minimum atomic E-state index is -0.911. The number of benzene rings is 1. The first-order valence-corrected chi connectivity index (χ1v) is 9.66. The summed E-state index contributed by atoms with van der Waals surface area (Å²) < 4.78 is 12.2. The van der Waals surface area contributed by atoms with Crippen molar-refractivity contribution in [2.45, 2.75) is 13.0 Å². The number of hydrogen-bond donors (Lipinski definition) is 1. The van der Waals surface area contributed by atoms with Crippen molar-refractivity contribution >= 4 is 5.82 Å². The van der Waals surface area contributed by atoms with Crippen LogP contribution < -0.4 is 4.90 Å². The first kappa shape index (κ1) is 19.5. The van der Waals surface area contributed by atoms with E-state index in [2.05, 4.69) is 33.9 Å². The predicted molar refractivity (Wildman–Crippen MR) is 109 cm³/mol. The maximum absolute atomic E-state index is 10.4. The zero-order valence-corrected chi connectivity index (χ0v) is 16.7. The number of ether oxygens (including phenoxy) is 2. The Morgan fingerprint density at radius 3 is 2.69 bits per heavy atom. The molecule has 0 amide bonds. The molecule has 4 rings (SSSR count). The Labute approximate surface area is 169 Å².